The van der Waals surface area contributed by atoms with Crippen molar-refractivity contribution in [3.8, 4) is 11.5 Å². The Kier molecular flexibility index (Phi) is 3.68. The Morgan fingerprint density at radius 3 is 2.81 bits per heavy atom. The van der Waals surface area contributed by atoms with Gasteiger partial charge in [-0.1, -0.05) is 25.5 Å². The van der Waals surface area contributed by atoms with Crippen LogP contribution in [0.15, 0.2) is 35.6 Å². The van der Waals surface area contributed by atoms with E-state index in [2.05, 4.69) is 43.2 Å². The van der Waals surface area contributed by atoms with Gasteiger partial charge in [0.15, 0.2) is 17.1 Å². The first-order valence-electron chi connectivity index (χ1n) is 10.2. The predicted octanol–water partition coefficient (Wildman–Crippen LogP) is 3.98. The van der Waals surface area contributed by atoms with Crippen LogP contribution in [0.2, 0.25) is 0 Å². The van der Waals surface area contributed by atoms with Crippen LogP contribution < -0.4 is 9.47 Å². The number of ether oxygens (including phenoxy) is 3. The summed E-state index contributed by atoms with van der Waals surface area (Å²) in [6, 6.07) is 4.77. The highest BCUT2D eigenvalue weighted by molar-refractivity contribution is 5.69. The van der Waals surface area contributed by atoms with Crippen LogP contribution in [0.5, 0.6) is 11.5 Å². The molecule has 1 aromatic rings. The Balaban J connectivity index is 1.84. The lowest BCUT2D eigenvalue weighted by Gasteiger charge is -2.57. The monoisotopic (exact) mass is 367 g/mol. The summed E-state index contributed by atoms with van der Waals surface area (Å²) < 4.78 is 18.7. The van der Waals surface area contributed by atoms with Gasteiger partial charge >= 0.3 is 0 Å². The second-order valence-electron chi connectivity index (χ2n) is 8.38. The number of likely N-dealkylation sites (N-methyl/N-ethyl adjacent to an activating group) is 1. The number of nitrogens with zero attached hydrogens (tertiary/aromatic N) is 1. The summed E-state index contributed by atoms with van der Waals surface area (Å²) in [5.74, 6) is 2.76. The van der Waals surface area contributed by atoms with E-state index in [1.54, 1.807) is 14.2 Å². The van der Waals surface area contributed by atoms with Gasteiger partial charge in [-0.05, 0) is 62.6 Å². The fraction of sp³-hybridized carbons (Fsp3) is 0.565. The van der Waals surface area contributed by atoms with Crippen molar-refractivity contribution in [2.75, 3.05) is 27.8 Å². The highest BCUT2D eigenvalue weighted by Gasteiger charge is 2.69. The third kappa shape index (κ3) is 1.87. The normalized spacial score (nSPS) is 33.0. The average molecular weight is 367 g/mol. The Bertz CT molecular complexity index is 857. The molecule has 1 saturated heterocycles. The second kappa shape index (κ2) is 5.78. The number of hydrogen-bond acceptors (Lipinski definition) is 4. The van der Waals surface area contributed by atoms with E-state index in [1.165, 1.54) is 16.7 Å². The molecular formula is C23H29NO3. The molecule has 1 aromatic carbocycles. The fourth-order valence-corrected chi connectivity index (χ4v) is 6.17. The smallest absolute Gasteiger partial charge is 0.179 e. The summed E-state index contributed by atoms with van der Waals surface area (Å²) in [5.41, 5.74) is 3.71. The molecule has 0 radical (unpaired) electrons. The molecule has 144 valence electrons. The van der Waals surface area contributed by atoms with E-state index >= 15 is 0 Å². The molecular weight excluding hydrogens is 338 g/mol. The zero-order chi connectivity index (χ0) is 18.8. The molecule has 2 bridgehead atoms. The molecule has 27 heavy (non-hydrogen) atoms. The van der Waals surface area contributed by atoms with Crippen molar-refractivity contribution in [3.63, 3.8) is 0 Å². The van der Waals surface area contributed by atoms with Crippen LogP contribution in [0.4, 0.5) is 0 Å². The lowest BCUT2D eigenvalue weighted by molar-refractivity contribution is -0.0209. The van der Waals surface area contributed by atoms with Crippen LogP contribution in [0.1, 0.15) is 43.7 Å². The summed E-state index contributed by atoms with van der Waals surface area (Å²) in [5, 5.41) is 0. The maximum atomic E-state index is 6.95. The van der Waals surface area contributed by atoms with Crippen molar-refractivity contribution in [1.29, 1.82) is 0 Å². The van der Waals surface area contributed by atoms with Gasteiger partial charge < -0.3 is 14.2 Å². The van der Waals surface area contributed by atoms with Gasteiger partial charge in [-0.15, -0.1) is 0 Å². The SMILES string of the molecule is CCCC[C@]12Oc3c(OC)ccc4c3[C@@]13CCN(C)[C@@H](C4)C3=CC=C2OC. The minimum absolute atomic E-state index is 0.128. The number of hydrogen-bond donors (Lipinski definition) is 0. The van der Waals surface area contributed by atoms with Crippen LogP contribution in [-0.4, -0.2) is 44.4 Å². The molecule has 4 aliphatic rings. The number of rotatable bonds is 5. The predicted molar refractivity (Wildman–Crippen MR) is 105 cm³/mol. The maximum Gasteiger partial charge on any atom is 0.179 e. The van der Waals surface area contributed by atoms with Crippen molar-refractivity contribution in [2.45, 2.75) is 56.1 Å². The zero-order valence-electron chi connectivity index (χ0n) is 16.8. The van der Waals surface area contributed by atoms with Crippen LogP contribution in [0.25, 0.3) is 0 Å². The Morgan fingerprint density at radius 2 is 2.07 bits per heavy atom. The summed E-state index contributed by atoms with van der Waals surface area (Å²) in [7, 11) is 5.78. The molecule has 2 heterocycles. The van der Waals surface area contributed by atoms with Crippen molar-refractivity contribution in [1.82, 2.24) is 4.90 Å². The van der Waals surface area contributed by atoms with E-state index in [9.17, 15) is 0 Å². The molecule has 2 aliphatic carbocycles. The summed E-state index contributed by atoms with van der Waals surface area (Å²) in [6.07, 6.45) is 9.81. The van der Waals surface area contributed by atoms with E-state index in [1.807, 2.05) is 0 Å². The van der Waals surface area contributed by atoms with E-state index < -0.39 is 5.60 Å². The molecule has 0 N–H and O–H groups in total. The van der Waals surface area contributed by atoms with Crippen molar-refractivity contribution in [3.05, 3.63) is 46.7 Å². The number of piperidine rings is 1. The molecule has 0 unspecified atom stereocenters. The highest BCUT2D eigenvalue weighted by atomic mass is 16.6. The zero-order valence-corrected chi connectivity index (χ0v) is 16.8. The molecule has 0 amide bonds. The third-order valence-corrected chi connectivity index (χ3v) is 7.37. The largest absolute Gasteiger partial charge is 0.497 e. The van der Waals surface area contributed by atoms with E-state index in [-0.39, 0.29) is 5.41 Å². The number of likely N-dealkylation sites (tertiary alicyclic amines) is 1. The standard InChI is InChI=1S/C23H29NO3/c1-5-6-11-23-19(26-4)10-8-16-17-14-15-7-9-18(25-3)21(27-23)20(15)22(16,23)12-13-24(17)2/h7-10,17H,5-6,11-14H2,1-4H3/t17-,22-,23+/m0/s1. The van der Waals surface area contributed by atoms with Gasteiger partial charge in [0.1, 0.15) is 5.76 Å². The van der Waals surface area contributed by atoms with Crippen molar-refractivity contribution < 1.29 is 14.2 Å². The van der Waals surface area contributed by atoms with Crippen molar-refractivity contribution >= 4 is 0 Å². The first-order chi connectivity index (χ1) is 13.1. The number of benzene rings is 1. The molecule has 0 saturated carbocycles. The van der Waals surface area contributed by atoms with Gasteiger partial charge in [0, 0.05) is 11.6 Å². The Hall–Kier alpha value is -1.94. The summed E-state index contributed by atoms with van der Waals surface area (Å²) >= 11 is 0. The summed E-state index contributed by atoms with van der Waals surface area (Å²) in [4.78, 5) is 2.51. The fourth-order valence-electron chi connectivity index (χ4n) is 6.17. The lowest BCUT2D eigenvalue weighted by atomic mass is 9.51. The van der Waals surface area contributed by atoms with Crippen LogP contribution in [0, 0.1) is 0 Å². The molecule has 4 nitrogen and oxygen atoms in total. The van der Waals surface area contributed by atoms with Crippen LogP contribution in [-0.2, 0) is 16.6 Å². The minimum atomic E-state index is -0.451. The van der Waals surface area contributed by atoms with Gasteiger partial charge in [-0.2, -0.15) is 0 Å². The number of methoxy groups -OCH3 is 2. The molecule has 4 heteroatoms. The molecule has 5 rings (SSSR count). The maximum absolute atomic E-state index is 6.95. The highest BCUT2D eigenvalue weighted by Crippen LogP contribution is 2.67. The number of allylic oxidation sites excluding steroid dienone is 2. The quantitative estimate of drug-likeness (QED) is 0.788. The van der Waals surface area contributed by atoms with Crippen molar-refractivity contribution in [2.24, 2.45) is 0 Å². The molecule has 1 spiro atoms. The number of unbranched alkanes of at least 4 members (excludes halogenated alkanes) is 1. The van der Waals surface area contributed by atoms with Crippen LogP contribution >= 0.6 is 0 Å². The lowest BCUT2D eigenvalue weighted by Crippen LogP contribution is -2.64. The van der Waals surface area contributed by atoms with E-state index in [0.717, 1.165) is 55.9 Å². The third-order valence-electron chi connectivity index (χ3n) is 7.37. The Labute approximate surface area is 161 Å². The minimum Gasteiger partial charge on any atom is -0.497 e. The Morgan fingerprint density at radius 1 is 1.22 bits per heavy atom. The molecule has 1 fully saturated rings. The van der Waals surface area contributed by atoms with Crippen LogP contribution in [0.3, 0.4) is 0 Å². The average Bonchev–Trinajstić information content (AvgIpc) is 2.99. The van der Waals surface area contributed by atoms with Gasteiger partial charge in [0.25, 0.3) is 0 Å². The van der Waals surface area contributed by atoms with E-state index in [4.69, 9.17) is 14.2 Å². The van der Waals surface area contributed by atoms with Gasteiger partial charge in [0.05, 0.1) is 19.6 Å². The van der Waals surface area contributed by atoms with Gasteiger partial charge in [-0.25, -0.2) is 0 Å². The van der Waals surface area contributed by atoms with Gasteiger partial charge in [0.2, 0.25) is 0 Å². The molecule has 0 aromatic heterocycles. The van der Waals surface area contributed by atoms with Gasteiger partial charge in [-0.3, -0.25) is 4.90 Å². The first kappa shape index (κ1) is 17.2. The topological polar surface area (TPSA) is 30.9 Å². The summed E-state index contributed by atoms with van der Waals surface area (Å²) in [6.45, 7) is 3.32. The van der Waals surface area contributed by atoms with E-state index in [0.29, 0.717) is 6.04 Å². The molecule has 3 atom stereocenters. The second-order valence-corrected chi connectivity index (χ2v) is 8.38. The molecule has 2 aliphatic heterocycles. The first-order valence-corrected chi connectivity index (χ1v) is 10.2.